The normalized spacial score (nSPS) is 15.9. The second-order valence-corrected chi connectivity index (χ2v) is 10.5. The number of aromatic nitrogens is 4. The monoisotopic (exact) mass is 530 g/mol. The number of halogens is 4. The lowest BCUT2D eigenvalue weighted by atomic mass is 10.1. The Morgan fingerprint density at radius 3 is 2.57 bits per heavy atom. The van der Waals surface area contributed by atoms with Crippen molar-refractivity contribution in [1.29, 1.82) is 0 Å². The molecule has 3 heterocycles. The molecule has 1 saturated heterocycles. The number of imidazole rings is 1. The summed E-state index contributed by atoms with van der Waals surface area (Å²) in [5.41, 5.74) is -0.589. The number of sulfonamides is 1. The summed E-state index contributed by atoms with van der Waals surface area (Å²) in [6.45, 7) is 0.292. The lowest BCUT2D eigenvalue weighted by Gasteiger charge is -2.30. The van der Waals surface area contributed by atoms with Gasteiger partial charge in [0, 0.05) is 31.5 Å². The first-order valence-electron chi connectivity index (χ1n) is 10.6. The van der Waals surface area contributed by atoms with Crippen molar-refractivity contribution in [1.82, 2.24) is 23.8 Å². The van der Waals surface area contributed by atoms with Gasteiger partial charge in [-0.2, -0.15) is 13.2 Å². The molecular weight excluding hydrogens is 509 g/mol. The number of alkyl halides is 3. The van der Waals surface area contributed by atoms with Crippen molar-refractivity contribution >= 4 is 27.6 Å². The molecule has 4 rings (SSSR count). The van der Waals surface area contributed by atoms with Crippen LogP contribution in [0, 0.1) is 0 Å². The van der Waals surface area contributed by atoms with Gasteiger partial charge in [-0.25, -0.2) is 27.7 Å². The van der Waals surface area contributed by atoms with Crippen molar-refractivity contribution in [2.45, 2.75) is 31.7 Å². The molecule has 14 heteroatoms. The highest BCUT2D eigenvalue weighted by atomic mass is 35.5. The van der Waals surface area contributed by atoms with Gasteiger partial charge in [-0.3, -0.25) is 0 Å². The Hall–Kier alpha value is -2.74. The minimum atomic E-state index is -4.72. The molecule has 1 aliphatic heterocycles. The van der Waals surface area contributed by atoms with Crippen molar-refractivity contribution in [3.05, 3.63) is 53.1 Å². The number of aliphatic hydroxyl groups excluding tert-OH is 1. The van der Waals surface area contributed by atoms with Gasteiger partial charge >= 0.3 is 6.18 Å². The molecule has 3 aromatic rings. The third kappa shape index (κ3) is 5.58. The molecule has 188 valence electrons. The van der Waals surface area contributed by atoms with Crippen molar-refractivity contribution in [3.63, 3.8) is 0 Å². The zero-order valence-corrected chi connectivity index (χ0v) is 20.1. The van der Waals surface area contributed by atoms with E-state index < -0.39 is 27.5 Å². The first-order valence-corrected chi connectivity index (χ1v) is 12.8. The molecule has 1 aromatic carbocycles. The van der Waals surface area contributed by atoms with Crippen LogP contribution in [0.3, 0.4) is 0 Å². The van der Waals surface area contributed by atoms with Crippen molar-refractivity contribution in [3.8, 4) is 17.1 Å². The van der Waals surface area contributed by atoms with Gasteiger partial charge in [-0.05, 0) is 24.5 Å². The number of nitrogens with one attached hydrogen (secondary N) is 1. The molecular formula is C21H22ClF3N6O3S. The lowest BCUT2D eigenvalue weighted by molar-refractivity contribution is -0.137. The minimum absolute atomic E-state index is 0.0133. The van der Waals surface area contributed by atoms with E-state index in [1.807, 2.05) is 0 Å². The van der Waals surface area contributed by atoms with Crippen LogP contribution in [0.5, 0.6) is 0 Å². The summed E-state index contributed by atoms with van der Waals surface area (Å²) in [6.07, 6.45) is 0.727. The van der Waals surface area contributed by atoms with Gasteiger partial charge in [-0.15, -0.1) is 0 Å². The zero-order chi connectivity index (χ0) is 25.4. The average molecular weight is 531 g/mol. The molecule has 0 aliphatic carbocycles. The minimum Gasteiger partial charge on any atom is -0.392 e. The second kappa shape index (κ2) is 9.72. The molecule has 0 saturated carbocycles. The van der Waals surface area contributed by atoms with Gasteiger partial charge in [0.2, 0.25) is 16.0 Å². The summed E-state index contributed by atoms with van der Waals surface area (Å²) >= 11 is 6.31. The fourth-order valence-corrected chi connectivity index (χ4v) is 4.99. The summed E-state index contributed by atoms with van der Waals surface area (Å²) in [7, 11) is -3.30. The van der Waals surface area contributed by atoms with Gasteiger partial charge in [0.1, 0.15) is 23.3 Å². The molecule has 0 radical (unpaired) electrons. The molecule has 0 amide bonds. The Kier molecular flexibility index (Phi) is 7.04. The summed E-state index contributed by atoms with van der Waals surface area (Å²) < 4.78 is 67.4. The van der Waals surface area contributed by atoms with E-state index >= 15 is 0 Å². The highest BCUT2D eigenvalue weighted by Gasteiger charge is 2.36. The van der Waals surface area contributed by atoms with E-state index in [1.54, 1.807) is 18.2 Å². The van der Waals surface area contributed by atoms with Crippen molar-refractivity contribution in [2.75, 3.05) is 24.7 Å². The Morgan fingerprint density at radius 1 is 1.23 bits per heavy atom. The van der Waals surface area contributed by atoms with E-state index in [4.69, 9.17) is 11.6 Å². The van der Waals surface area contributed by atoms with Crippen LogP contribution in [-0.4, -0.2) is 62.7 Å². The summed E-state index contributed by atoms with van der Waals surface area (Å²) in [5.74, 6) is -0.0133. The molecule has 0 atom stereocenters. The highest BCUT2D eigenvalue weighted by molar-refractivity contribution is 7.88. The quantitative estimate of drug-likeness (QED) is 0.502. The van der Waals surface area contributed by atoms with Gasteiger partial charge in [0.25, 0.3) is 0 Å². The molecule has 0 unspecified atom stereocenters. The first-order chi connectivity index (χ1) is 16.5. The number of hydrogen-bond donors (Lipinski definition) is 2. The largest absolute Gasteiger partial charge is 0.420 e. The van der Waals surface area contributed by atoms with Crippen molar-refractivity contribution in [2.24, 2.45) is 0 Å². The van der Waals surface area contributed by atoms with Crippen LogP contribution in [0.1, 0.15) is 24.0 Å². The summed E-state index contributed by atoms with van der Waals surface area (Å²) in [6, 6.07) is 4.74. The molecule has 2 N–H and O–H groups in total. The predicted molar refractivity (Wildman–Crippen MR) is 124 cm³/mol. The topological polar surface area (TPSA) is 113 Å². The van der Waals surface area contributed by atoms with Gasteiger partial charge < -0.3 is 15.0 Å². The number of hydrogen-bond acceptors (Lipinski definition) is 7. The molecule has 0 bridgehead atoms. The third-order valence-electron chi connectivity index (χ3n) is 5.68. The van der Waals surface area contributed by atoms with Gasteiger partial charge in [0.05, 0.1) is 23.6 Å². The number of rotatable bonds is 6. The maximum Gasteiger partial charge on any atom is 0.420 e. The average Bonchev–Trinajstić information content (AvgIpc) is 3.28. The molecule has 35 heavy (non-hydrogen) atoms. The molecule has 2 aromatic heterocycles. The SMILES string of the molecule is CS(=O)(=O)N1CCC(Nc2ncc(C(F)(F)F)c(-c3cn(-c4cccc(CO)c4Cl)cn3)n2)CC1. The van der Waals surface area contributed by atoms with E-state index in [1.165, 1.54) is 21.4 Å². The number of benzene rings is 1. The number of piperidine rings is 1. The van der Waals surface area contributed by atoms with E-state index in [9.17, 15) is 26.7 Å². The van der Waals surface area contributed by atoms with Crippen LogP contribution in [0.2, 0.25) is 5.02 Å². The van der Waals surface area contributed by atoms with E-state index in [0.29, 0.717) is 43.4 Å². The maximum atomic E-state index is 13.7. The molecule has 9 nitrogen and oxygen atoms in total. The van der Waals surface area contributed by atoms with Crippen LogP contribution in [0.15, 0.2) is 36.9 Å². The Balaban J connectivity index is 1.63. The second-order valence-electron chi connectivity index (χ2n) is 8.11. The van der Waals surface area contributed by atoms with E-state index in [2.05, 4.69) is 20.3 Å². The molecule has 0 spiro atoms. The number of nitrogens with zero attached hydrogens (tertiary/aromatic N) is 5. The fourth-order valence-electron chi connectivity index (χ4n) is 3.83. The molecule has 1 aliphatic rings. The van der Waals surface area contributed by atoms with Crippen LogP contribution in [0.4, 0.5) is 19.1 Å². The highest BCUT2D eigenvalue weighted by Crippen LogP contribution is 2.36. The Bertz CT molecular complexity index is 1320. The van der Waals surface area contributed by atoms with Gasteiger partial charge in [-0.1, -0.05) is 23.7 Å². The van der Waals surface area contributed by atoms with Crippen LogP contribution in [0.25, 0.3) is 17.1 Å². The number of aliphatic hydroxyl groups is 1. The predicted octanol–water partition coefficient (Wildman–Crippen LogP) is 3.33. The smallest absolute Gasteiger partial charge is 0.392 e. The van der Waals surface area contributed by atoms with Crippen molar-refractivity contribution < 1.29 is 26.7 Å². The Morgan fingerprint density at radius 2 is 1.94 bits per heavy atom. The zero-order valence-electron chi connectivity index (χ0n) is 18.5. The number of anilines is 1. The maximum absolute atomic E-state index is 13.7. The third-order valence-corrected chi connectivity index (χ3v) is 7.42. The summed E-state index contributed by atoms with van der Waals surface area (Å²) in [5, 5.41) is 12.7. The standard InChI is InChI=1S/C21H22ClF3N6O3S/c1-35(33,34)31-7-5-14(6-8-31)28-20-26-9-15(21(23,24)25)19(29-20)16-10-30(12-27-16)17-4-2-3-13(11-32)18(17)22/h2-4,9-10,12,14,32H,5-8,11H2,1H3,(H,26,28,29). The Labute approximate surface area is 204 Å². The molecule has 1 fully saturated rings. The lowest BCUT2D eigenvalue weighted by Crippen LogP contribution is -2.42. The van der Waals surface area contributed by atoms with E-state index in [0.717, 1.165) is 6.26 Å². The summed E-state index contributed by atoms with van der Waals surface area (Å²) in [4.78, 5) is 12.1. The van der Waals surface area contributed by atoms with Crippen LogP contribution >= 0.6 is 11.6 Å². The van der Waals surface area contributed by atoms with Crippen LogP contribution < -0.4 is 5.32 Å². The fraction of sp³-hybridized carbons (Fsp3) is 0.381. The van der Waals surface area contributed by atoms with Crippen LogP contribution in [-0.2, 0) is 22.8 Å². The van der Waals surface area contributed by atoms with Gasteiger partial charge in [0.15, 0.2) is 0 Å². The van der Waals surface area contributed by atoms with E-state index in [-0.39, 0.29) is 29.3 Å². The first kappa shape index (κ1) is 25.4.